The van der Waals surface area contributed by atoms with Gasteiger partial charge in [-0.25, -0.2) is 4.98 Å². The number of carbonyl (C=O) groups is 2. The smallest absolute Gasteiger partial charge is 0.302 e. The molecular formula is C26H22N2O6S. The number of amides is 1. The second-order valence-electron chi connectivity index (χ2n) is 7.90. The molecular weight excluding hydrogens is 468 g/mol. The normalized spacial score (nSPS) is 17.3. The minimum Gasteiger partial charge on any atom is -0.507 e. The number of hydrogen-bond acceptors (Lipinski definition) is 8. The molecule has 1 N–H and O–H groups in total. The number of nitrogens with zero attached hydrogens (tertiary/aromatic N) is 2. The Balaban J connectivity index is 1.66. The zero-order valence-electron chi connectivity index (χ0n) is 19.3. The molecule has 0 saturated carbocycles. The molecule has 1 saturated heterocycles. The number of ether oxygens (including phenoxy) is 2. The Bertz CT molecular complexity index is 1470. The number of aromatic nitrogens is 1. The molecule has 35 heavy (non-hydrogen) atoms. The van der Waals surface area contributed by atoms with Gasteiger partial charge in [-0.1, -0.05) is 11.3 Å². The number of aliphatic hydroxyl groups excluding tert-OH is 1. The molecule has 1 fully saturated rings. The minimum atomic E-state index is -0.974. The van der Waals surface area contributed by atoms with Gasteiger partial charge >= 0.3 is 5.91 Å². The van der Waals surface area contributed by atoms with E-state index in [2.05, 4.69) is 4.98 Å². The number of aliphatic hydroxyl groups is 1. The molecule has 1 unspecified atom stereocenters. The van der Waals surface area contributed by atoms with Crippen molar-refractivity contribution >= 4 is 44.1 Å². The van der Waals surface area contributed by atoms with E-state index >= 15 is 0 Å². The van der Waals surface area contributed by atoms with Gasteiger partial charge in [-0.15, -0.1) is 0 Å². The minimum absolute atomic E-state index is 0.0659. The van der Waals surface area contributed by atoms with Gasteiger partial charge in [-0.3, -0.25) is 14.5 Å². The first-order valence-corrected chi connectivity index (χ1v) is 11.8. The monoisotopic (exact) mass is 490 g/mol. The Morgan fingerprint density at radius 2 is 1.86 bits per heavy atom. The number of methoxy groups -OCH3 is 1. The van der Waals surface area contributed by atoms with E-state index in [9.17, 15) is 14.7 Å². The first kappa shape index (κ1) is 22.7. The zero-order valence-corrected chi connectivity index (χ0v) is 20.1. The van der Waals surface area contributed by atoms with Crippen LogP contribution in [0.2, 0.25) is 0 Å². The predicted octanol–water partition coefficient (Wildman–Crippen LogP) is 5.23. The molecule has 0 aliphatic carbocycles. The van der Waals surface area contributed by atoms with Crippen LogP contribution < -0.4 is 14.4 Å². The van der Waals surface area contributed by atoms with Gasteiger partial charge in [0.15, 0.2) is 5.13 Å². The lowest BCUT2D eigenvalue weighted by Crippen LogP contribution is -2.29. The second-order valence-corrected chi connectivity index (χ2v) is 8.91. The van der Waals surface area contributed by atoms with Crippen molar-refractivity contribution in [2.45, 2.75) is 19.9 Å². The number of aryl methyl sites for hydroxylation is 1. The van der Waals surface area contributed by atoms with Crippen LogP contribution in [-0.4, -0.2) is 35.5 Å². The van der Waals surface area contributed by atoms with Gasteiger partial charge in [-0.2, -0.15) is 0 Å². The number of thiazole rings is 1. The number of rotatable bonds is 6. The quantitative estimate of drug-likeness (QED) is 0.224. The average Bonchev–Trinajstić information content (AvgIpc) is 3.54. The highest BCUT2D eigenvalue weighted by Gasteiger charge is 2.49. The molecule has 1 amide bonds. The van der Waals surface area contributed by atoms with Crippen LogP contribution in [-0.2, 0) is 9.59 Å². The van der Waals surface area contributed by atoms with Crippen molar-refractivity contribution in [3.63, 3.8) is 0 Å². The van der Waals surface area contributed by atoms with E-state index in [-0.39, 0.29) is 11.3 Å². The van der Waals surface area contributed by atoms with E-state index in [4.69, 9.17) is 13.9 Å². The van der Waals surface area contributed by atoms with Gasteiger partial charge < -0.3 is 19.0 Å². The summed E-state index contributed by atoms with van der Waals surface area (Å²) in [5.41, 5.74) is 0.978. The van der Waals surface area contributed by atoms with Crippen molar-refractivity contribution in [2.75, 3.05) is 18.6 Å². The Labute approximate surface area is 205 Å². The zero-order chi connectivity index (χ0) is 24.7. The van der Waals surface area contributed by atoms with E-state index in [1.807, 2.05) is 13.0 Å². The van der Waals surface area contributed by atoms with Crippen molar-refractivity contribution in [3.05, 3.63) is 77.3 Å². The highest BCUT2D eigenvalue weighted by atomic mass is 32.1. The van der Waals surface area contributed by atoms with Crippen LogP contribution in [0.15, 0.2) is 64.6 Å². The van der Waals surface area contributed by atoms with Crippen LogP contribution in [0.3, 0.4) is 0 Å². The molecule has 9 heteroatoms. The van der Waals surface area contributed by atoms with Crippen LogP contribution >= 0.6 is 11.3 Å². The van der Waals surface area contributed by atoms with Gasteiger partial charge in [-0.05, 0) is 68.4 Å². The Morgan fingerprint density at radius 3 is 2.51 bits per heavy atom. The van der Waals surface area contributed by atoms with E-state index in [1.165, 1.54) is 23.3 Å². The van der Waals surface area contributed by atoms with Crippen LogP contribution in [0.5, 0.6) is 11.5 Å². The molecule has 4 aromatic rings. The number of carbonyl (C=O) groups excluding carboxylic acids is 2. The lowest BCUT2D eigenvalue weighted by atomic mass is 9.99. The molecule has 5 rings (SSSR count). The molecule has 1 aliphatic heterocycles. The molecule has 2 aromatic heterocycles. The third kappa shape index (κ3) is 3.93. The summed E-state index contributed by atoms with van der Waals surface area (Å²) in [6.45, 7) is 4.19. The molecule has 1 atom stereocenters. The number of Topliss-reactive ketones (excluding diaryl/α,β-unsaturated/α-hetero) is 1. The highest BCUT2D eigenvalue weighted by Crippen LogP contribution is 2.45. The summed E-state index contributed by atoms with van der Waals surface area (Å²) in [6, 6.07) is 14.5. The van der Waals surface area contributed by atoms with Crippen LogP contribution in [0.25, 0.3) is 16.0 Å². The number of benzene rings is 2. The number of fused-ring (bicyclic) bond motifs is 1. The van der Waals surface area contributed by atoms with Crippen molar-refractivity contribution in [1.29, 1.82) is 0 Å². The summed E-state index contributed by atoms with van der Waals surface area (Å²) < 4.78 is 17.4. The maximum absolute atomic E-state index is 13.3. The van der Waals surface area contributed by atoms with Crippen LogP contribution in [0, 0.1) is 6.92 Å². The van der Waals surface area contributed by atoms with Gasteiger partial charge in [0.25, 0.3) is 5.78 Å². The molecule has 2 aromatic carbocycles. The summed E-state index contributed by atoms with van der Waals surface area (Å²) in [7, 11) is 1.54. The summed E-state index contributed by atoms with van der Waals surface area (Å²) in [4.78, 5) is 32.5. The average molecular weight is 491 g/mol. The summed E-state index contributed by atoms with van der Waals surface area (Å²) in [5, 5.41) is 11.5. The first-order valence-electron chi connectivity index (χ1n) is 11.0. The Kier molecular flexibility index (Phi) is 5.78. The summed E-state index contributed by atoms with van der Waals surface area (Å²) in [6.07, 6.45) is 0. The summed E-state index contributed by atoms with van der Waals surface area (Å²) >= 11 is 1.26. The van der Waals surface area contributed by atoms with E-state index in [0.717, 1.165) is 4.70 Å². The third-order valence-electron chi connectivity index (χ3n) is 5.70. The molecule has 3 heterocycles. The maximum Gasteiger partial charge on any atom is 0.302 e. The third-order valence-corrected chi connectivity index (χ3v) is 6.72. The molecule has 8 nitrogen and oxygen atoms in total. The molecule has 1 aliphatic rings. The van der Waals surface area contributed by atoms with Gasteiger partial charge in [0.05, 0.1) is 29.5 Å². The highest BCUT2D eigenvalue weighted by molar-refractivity contribution is 7.22. The number of furan rings is 1. The SMILES string of the molecule is CCOc1ccc2nc(N3C(=O)C(=O)/C(=C(/O)c4ccc(OC)cc4)C3c3ccc(C)o3)sc2c1. The van der Waals surface area contributed by atoms with Crippen molar-refractivity contribution in [3.8, 4) is 11.5 Å². The topological polar surface area (TPSA) is 102 Å². The predicted molar refractivity (Wildman–Crippen MR) is 132 cm³/mol. The molecule has 0 radical (unpaired) electrons. The fraction of sp³-hybridized carbons (Fsp3) is 0.192. The van der Waals surface area contributed by atoms with Gasteiger partial charge in [0, 0.05) is 5.56 Å². The largest absolute Gasteiger partial charge is 0.507 e. The van der Waals surface area contributed by atoms with Gasteiger partial charge in [0.2, 0.25) is 0 Å². The number of anilines is 1. The number of ketones is 1. The number of hydrogen-bond donors (Lipinski definition) is 1. The van der Waals surface area contributed by atoms with Crippen molar-refractivity contribution < 1.29 is 28.6 Å². The first-order chi connectivity index (χ1) is 16.9. The Morgan fingerprint density at radius 1 is 1.11 bits per heavy atom. The fourth-order valence-electron chi connectivity index (χ4n) is 4.06. The fourth-order valence-corrected chi connectivity index (χ4v) is 5.08. The van der Waals surface area contributed by atoms with Gasteiger partial charge in [0.1, 0.15) is 34.8 Å². The maximum atomic E-state index is 13.3. The van der Waals surface area contributed by atoms with E-state index in [0.29, 0.717) is 45.8 Å². The standard InChI is InChI=1S/C26H22N2O6S/c1-4-33-17-10-11-18-20(13-17)35-26(27-18)28-22(19-12-5-14(2)34-19)21(24(30)25(28)31)23(29)15-6-8-16(32-3)9-7-15/h5-13,22,29H,4H2,1-3H3/b23-21+. The van der Waals surface area contributed by atoms with Crippen molar-refractivity contribution in [1.82, 2.24) is 4.98 Å². The second kappa shape index (κ2) is 8.92. The van der Waals surface area contributed by atoms with Crippen LogP contribution in [0.1, 0.15) is 30.0 Å². The molecule has 0 bridgehead atoms. The lowest BCUT2D eigenvalue weighted by Gasteiger charge is -2.20. The van der Waals surface area contributed by atoms with E-state index < -0.39 is 17.7 Å². The van der Waals surface area contributed by atoms with Crippen molar-refractivity contribution in [2.24, 2.45) is 0 Å². The summed E-state index contributed by atoms with van der Waals surface area (Å²) in [5.74, 6) is 0.352. The lowest BCUT2D eigenvalue weighted by molar-refractivity contribution is -0.132. The molecule has 178 valence electrons. The Hall–Kier alpha value is -4.11. The van der Waals surface area contributed by atoms with E-state index in [1.54, 1.807) is 55.5 Å². The molecule has 0 spiro atoms. The van der Waals surface area contributed by atoms with Crippen LogP contribution in [0.4, 0.5) is 5.13 Å².